The second-order valence-corrected chi connectivity index (χ2v) is 14.9. The summed E-state index contributed by atoms with van der Waals surface area (Å²) in [5, 5.41) is 0.250. The molecule has 2 aromatic carbocycles. The predicted molar refractivity (Wildman–Crippen MR) is 173 cm³/mol. The normalized spacial score (nSPS) is 16.6. The fraction of sp³-hybridized carbons (Fsp3) is 0.471. The first-order valence-electron chi connectivity index (χ1n) is 15.5. The summed E-state index contributed by atoms with van der Waals surface area (Å²) in [5.74, 6) is 0.218. The van der Waals surface area contributed by atoms with Crippen LogP contribution < -0.4 is 15.2 Å². The molecule has 0 bridgehead atoms. The van der Waals surface area contributed by atoms with Gasteiger partial charge in [0.05, 0.1) is 23.2 Å². The molecule has 3 aromatic rings. The van der Waals surface area contributed by atoms with E-state index in [-0.39, 0.29) is 29.0 Å². The Labute approximate surface area is 270 Å². The summed E-state index contributed by atoms with van der Waals surface area (Å²) >= 11 is 6.61. The molecule has 1 heterocycles. The third-order valence-corrected chi connectivity index (χ3v) is 9.61. The van der Waals surface area contributed by atoms with Crippen LogP contribution in [0.1, 0.15) is 76.8 Å². The number of para-hydroxylation sites is 1. The van der Waals surface area contributed by atoms with Crippen molar-refractivity contribution in [3.8, 4) is 16.9 Å². The number of hydrogen-bond donors (Lipinski definition) is 2. The maximum absolute atomic E-state index is 13.3. The van der Waals surface area contributed by atoms with Crippen molar-refractivity contribution in [1.29, 1.82) is 0 Å². The fourth-order valence-electron chi connectivity index (χ4n) is 5.13. The average Bonchev–Trinajstić information content (AvgIpc) is 3.93. The molecule has 5 rings (SSSR count). The lowest BCUT2D eigenvalue weighted by Crippen LogP contribution is -2.44. The Morgan fingerprint density at radius 3 is 2.53 bits per heavy atom. The van der Waals surface area contributed by atoms with E-state index in [4.69, 9.17) is 31.5 Å². The molecular formula is C34H42ClN3O6S. The highest BCUT2D eigenvalue weighted by Gasteiger charge is 2.48. The van der Waals surface area contributed by atoms with Gasteiger partial charge in [-0.3, -0.25) is 9.78 Å². The quantitative estimate of drug-likeness (QED) is 0.145. The second-order valence-electron chi connectivity index (χ2n) is 12.8. The average molecular weight is 656 g/mol. The van der Waals surface area contributed by atoms with E-state index in [9.17, 15) is 13.2 Å². The zero-order valence-electron chi connectivity index (χ0n) is 26.1. The molecule has 2 aliphatic rings. The van der Waals surface area contributed by atoms with Gasteiger partial charge in [0.2, 0.25) is 10.0 Å². The SMILES string of the molecule is CC(C)(C)OC(=O)[C@H](CCCCN)NS(=O)(=O)c1ccc(COC2(c3cnccc3-c3ccccc3OC3CC3)CC2)c(Cl)c1. The molecule has 0 aliphatic heterocycles. The molecular weight excluding hydrogens is 614 g/mol. The summed E-state index contributed by atoms with van der Waals surface area (Å²) < 4.78 is 47.4. The third-order valence-electron chi connectivity index (χ3n) is 7.79. The van der Waals surface area contributed by atoms with Crippen LogP contribution >= 0.6 is 11.6 Å². The molecule has 9 nitrogen and oxygen atoms in total. The van der Waals surface area contributed by atoms with Gasteiger partial charge in [-0.25, -0.2) is 8.42 Å². The highest BCUT2D eigenvalue weighted by atomic mass is 35.5. The molecule has 0 radical (unpaired) electrons. The molecule has 11 heteroatoms. The van der Waals surface area contributed by atoms with Crippen molar-refractivity contribution in [3.05, 3.63) is 77.1 Å². The van der Waals surface area contributed by atoms with E-state index in [1.165, 1.54) is 12.1 Å². The molecule has 2 fully saturated rings. The number of nitrogens with one attached hydrogen (secondary N) is 1. The zero-order valence-corrected chi connectivity index (χ0v) is 27.6. The van der Waals surface area contributed by atoms with Gasteiger partial charge in [0.15, 0.2) is 0 Å². The van der Waals surface area contributed by atoms with Gasteiger partial charge in [-0.1, -0.05) is 42.3 Å². The van der Waals surface area contributed by atoms with Crippen molar-refractivity contribution in [1.82, 2.24) is 9.71 Å². The van der Waals surface area contributed by atoms with Gasteiger partial charge in [-0.05, 0) is 101 Å². The maximum atomic E-state index is 13.3. The van der Waals surface area contributed by atoms with Crippen LogP contribution in [-0.2, 0) is 36.5 Å². The number of unbranched alkanes of at least 4 members (excludes halogenated alkanes) is 1. The van der Waals surface area contributed by atoms with E-state index in [0.29, 0.717) is 24.9 Å². The molecule has 2 aliphatic carbocycles. The number of nitrogens with two attached hydrogens (primary N) is 1. The number of benzene rings is 2. The fourth-order valence-corrected chi connectivity index (χ4v) is 6.67. The number of halogens is 1. The van der Waals surface area contributed by atoms with Crippen LogP contribution in [0.3, 0.4) is 0 Å². The van der Waals surface area contributed by atoms with Crippen LogP contribution in [0.4, 0.5) is 0 Å². The molecule has 2 saturated carbocycles. The van der Waals surface area contributed by atoms with Gasteiger partial charge < -0.3 is 19.9 Å². The second kappa shape index (κ2) is 13.8. The number of hydrogen-bond acceptors (Lipinski definition) is 8. The first kappa shape index (κ1) is 33.3. The van der Waals surface area contributed by atoms with Crippen LogP contribution in [0.15, 0.2) is 65.8 Å². The van der Waals surface area contributed by atoms with Crippen molar-refractivity contribution >= 4 is 27.6 Å². The smallest absolute Gasteiger partial charge is 0.324 e. The van der Waals surface area contributed by atoms with E-state index in [1.54, 1.807) is 33.0 Å². The molecule has 0 spiro atoms. The standard InChI is InChI=1S/C34H42ClN3O6S/c1-33(2,3)44-32(39)30(9-6-7-18-36)38-45(40,41)25-14-11-23(29(35)20-25)22-42-34(16-17-34)28-21-37-19-15-26(28)27-8-4-5-10-31(27)43-24-12-13-24/h4-5,8,10-11,14-15,19-21,24,30,38H,6-7,9,12-13,16-18,22,36H2,1-3H3/t30-/m0/s1. The van der Waals surface area contributed by atoms with Crippen molar-refractivity contribution < 1.29 is 27.4 Å². The molecule has 1 atom stereocenters. The summed E-state index contributed by atoms with van der Waals surface area (Å²) in [4.78, 5) is 17.2. The monoisotopic (exact) mass is 655 g/mol. The minimum atomic E-state index is -4.08. The van der Waals surface area contributed by atoms with Gasteiger partial charge in [-0.2, -0.15) is 4.72 Å². The molecule has 0 amide bonds. The molecule has 242 valence electrons. The minimum absolute atomic E-state index is 0.0495. The predicted octanol–water partition coefficient (Wildman–Crippen LogP) is 6.27. The van der Waals surface area contributed by atoms with Gasteiger partial charge in [-0.15, -0.1) is 0 Å². The summed E-state index contributed by atoms with van der Waals surface area (Å²) in [6, 6.07) is 13.5. The molecule has 45 heavy (non-hydrogen) atoms. The van der Waals surface area contributed by atoms with Crippen LogP contribution in [0.2, 0.25) is 5.02 Å². The number of nitrogens with zero attached hydrogens (tertiary/aromatic N) is 1. The maximum Gasteiger partial charge on any atom is 0.324 e. The van der Waals surface area contributed by atoms with Crippen LogP contribution in [0.25, 0.3) is 11.1 Å². The molecule has 0 saturated heterocycles. The number of sulfonamides is 1. The van der Waals surface area contributed by atoms with Crippen LogP contribution in [0, 0.1) is 0 Å². The lowest BCUT2D eigenvalue weighted by atomic mass is 9.96. The molecule has 1 aromatic heterocycles. The van der Waals surface area contributed by atoms with E-state index in [1.807, 2.05) is 30.5 Å². The van der Waals surface area contributed by atoms with Gasteiger partial charge in [0.1, 0.15) is 17.4 Å². The Kier molecular flexibility index (Phi) is 10.2. The number of aromatic nitrogens is 1. The van der Waals surface area contributed by atoms with E-state index >= 15 is 0 Å². The Hall–Kier alpha value is -3.02. The first-order valence-corrected chi connectivity index (χ1v) is 17.4. The lowest BCUT2D eigenvalue weighted by molar-refractivity contribution is -0.157. The minimum Gasteiger partial charge on any atom is -0.490 e. The Bertz CT molecular complexity index is 1620. The van der Waals surface area contributed by atoms with Gasteiger partial charge in [0, 0.05) is 28.5 Å². The number of pyridine rings is 1. The van der Waals surface area contributed by atoms with E-state index < -0.39 is 33.2 Å². The summed E-state index contributed by atoms with van der Waals surface area (Å²) in [6.45, 7) is 5.83. The van der Waals surface area contributed by atoms with Crippen LogP contribution in [0.5, 0.6) is 5.75 Å². The number of carbonyl (C=O) groups is 1. The van der Waals surface area contributed by atoms with Crippen molar-refractivity contribution in [2.75, 3.05) is 6.54 Å². The third kappa shape index (κ3) is 8.62. The van der Waals surface area contributed by atoms with Crippen molar-refractivity contribution in [2.24, 2.45) is 5.73 Å². The van der Waals surface area contributed by atoms with E-state index in [0.717, 1.165) is 48.1 Å². The van der Waals surface area contributed by atoms with Gasteiger partial charge in [0.25, 0.3) is 0 Å². The highest BCUT2D eigenvalue weighted by Crippen LogP contribution is 2.53. The largest absolute Gasteiger partial charge is 0.490 e. The Morgan fingerprint density at radius 2 is 1.87 bits per heavy atom. The summed E-state index contributed by atoms with van der Waals surface area (Å²) in [5.41, 5.74) is 7.96. The first-order chi connectivity index (χ1) is 21.4. The number of esters is 1. The number of carbonyl (C=O) groups excluding carboxylic acids is 1. The number of rotatable bonds is 15. The topological polar surface area (TPSA) is 130 Å². The lowest BCUT2D eigenvalue weighted by Gasteiger charge is -2.24. The Morgan fingerprint density at radius 1 is 1.11 bits per heavy atom. The van der Waals surface area contributed by atoms with Crippen LogP contribution in [-0.4, -0.2) is 43.7 Å². The highest BCUT2D eigenvalue weighted by molar-refractivity contribution is 7.89. The van der Waals surface area contributed by atoms with Crippen molar-refractivity contribution in [2.45, 2.75) is 101 Å². The number of ether oxygens (including phenoxy) is 3. The zero-order chi connectivity index (χ0) is 32.2. The summed E-state index contributed by atoms with van der Waals surface area (Å²) in [7, 11) is -4.08. The summed E-state index contributed by atoms with van der Waals surface area (Å²) in [6.07, 6.45) is 9.17. The molecule has 0 unspecified atom stereocenters. The van der Waals surface area contributed by atoms with Gasteiger partial charge >= 0.3 is 5.97 Å². The molecule has 3 N–H and O–H groups in total. The Balaban J connectivity index is 1.30. The van der Waals surface area contributed by atoms with Crippen molar-refractivity contribution in [3.63, 3.8) is 0 Å². The van der Waals surface area contributed by atoms with E-state index in [2.05, 4.69) is 15.8 Å².